The van der Waals surface area contributed by atoms with Gasteiger partial charge in [0.05, 0.1) is 18.4 Å². The number of nitrogens with one attached hydrogen (secondary N) is 1. The molecule has 0 atom stereocenters. The first-order valence-corrected chi connectivity index (χ1v) is 10.6. The Bertz CT molecular complexity index is 788. The first kappa shape index (κ1) is 20.0. The summed E-state index contributed by atoms with van der Waals surface area (Å²) >= 11 is 7.50. The minimum atomic E-state index is 0.0526. The number of aromatic nitrogens is 3. The van der Waals surface area contributed by atoms with Crippen LogP contribution in [0.25, 0.3) is 11.4 Å². The molecule has 1 aromatic carbocycles. The van der Waals surface area contributed by atoms with E-state index in [1.807, 2.05) is 11.6 Å². The minimum Gasteiger partial charge on any atom is -0.496 e. The van der Waals surface area contributed by atoms with E-state index >= 15 is 0 Å². The topological polar surface area (TPSA) is 69.0 Å². The number of rotatable bonds is 6. The van der Waals surface area contributed by atoms with E-state index in [0.29, 0.717) is 33.5 Å². The third-order valence-corrected chi connectivity index (χ3v) is 6.05. The molecule has 0 unspecified atom stereocenters. The predicted molar refractivity (Wildman–Crippen MR) is 108 cm³/mol. The molecule has 6 nitrogen and oxygen atoms in total. The molecule has 1 aromatic heterocycles. The van der Waals surface area contributed by atoms with Gasteiger partial charge in [-0.3, -0.25) is 4.79 Å². The molecule has 0 bridgehead atoms. The number of benzene rings is 1. The van der Waals surface area contributed by atoms with Gasteiger partial charge in [0.1, 0.15) is 5.75 Å². The molecule has 0 aliphatic heterocycles. The summed E-state index contributed by atoms with van der Waals surface area (Å²) in [6.07, 6.45) is 7.11. The number of amides is 1. The number of carbonyl (C=O) groups excluding carboxylic acids is 1. The molecule has 0 spiro atoms. The molecule has 1 fully saturated rings. The molecule has 1 amide bonds. The van der Waals surface area contributed by atoms with Crippen molar-refractivity contribution in [3.63, 3.8) is 0 Å². The first-order chi connectivity index (χ1) is 13.1. The van der Waals surface area contributed by atoms with E-state index in [1.165, 1.54) is 37.4 Å². The number of hydrogen-bond acceptors (Lipinski definition) is 5. The fraction of sp³-hybridized carbons (Fsp3) is 0.526. The van der Waals surface area contributed by atoms with E-state index in [-0.39, 0.29) is 5.91 Å². The SMILES string of the molecule is COc1ccc(Cl)cc1-c1nnc(SCC(=O)NC2CCCCCC2)n1C. The van der Waals surface area contributed by atoms with Crippen LogP contribution in [0.2, 0.25) is 5.02 Å². The number of halogens is 1. The van der Waals surface area contributed by atoms with Crippen LogP contribution in [0.15, 0.2) is 23.4 Å². The van der Waals surface area contributed by atoms with Gasteiger partial charge in [-0.1, -0.05) is 49.0 Å². The Morgan fingerprint density at radius 2 is 2.04 bits per heavy atom. The van der Waals surface area contributed by atoms with Crippen molar-refractivity contribution in [3.05, 3.63) is 23.2 Å². The van der Waals surface area contributed by atoms with Crippen LogP contribution >= 0.6 is 23.4 Å². The zero-order valence-corrected chi connectivity index (χ0v) is 17.3. The second kappa shape index (κ2) is 9.46. The van der Waals surface area contributed by atoms with Gasteiger partial charge < -0.3 is 14.6 Å². The highest BCUT2D eigenvalue weighted by Gasteiger charge is 2.18. The van der Waals surface area contributed by atoms with Crippen LogP contribution in [-0.2, 0) is 11.8 Å². The molecule has 1 aliphatic carbocycles. The Kier molecular flexibility index (Phi) is 7.01. The molecule has 0 saturated heterocycles. The third kappa shape index (κ3) is 5.17. The van der Waals surface area contributed by atoms with E-state index in [0.717, 1.165) is 18.4 Å². The van der Waals surface area contributed by atoms with Crippen LogP contribution in [0.5, 0.6) is 5.75 Å². The predicted octanol–water partition coefficient (Wildman–Crippen LogP) is 4.08. The summed E-state index contributed by atoms with van der Waals surface area (Å²) < 4.78 is 7.26. The molecule has 27 heavy (non-hydrogen) atoms. The van der Waals surface area contributed by atoms with Crippen LogP contribution in [-0.4, -0.2) is 39.6 Å². The number of thioether (sulfide) groups is 1. The zero-order chi connectivity index (χ0) is 19.2. The average molecular weight is 409 g/mol. The van der Waals surface area contributed by atoms with Gasteiger partial charge in [-0.25, -0.2) is 0 Å². The molecular weight excluding hydrogens is 384 g/mol. The summed E-state index contributed by atoms with van der Waals surface area (Å²) in [5, 5.41) is 12.9. The van der Waals surface area contributed by atoms with Crippen molar-refractivity contribution in [2.24, 2.45) is 7.05 Å². The maximum atomic E-state index is 12.3. The van der Waals surface area contributed by atoms with Crippen molar-refractivity contribution < 1.29 is 9.53 Å². The molecule has 0 radical (unpaired) electrons. The van der Waals surface area contributed by atoms with Crippen molar-refractivity contribution in [3.8, 4) is 17.1 Å². The second-order valence-electron chi connectivity index (χ2n) is 6.75. The van der Waals surface area contributed by atoms with Crippen molar-refractivity contribution in [2.45, 2.75) is 49.7 Å². The van der Waals surface area contributed by atoms with Gasteiger partial charge >= 0.3 is 0 Å². The minimum absolute atomic E-state index is 0.0526. The second-order valence-corrected chi connectivity index (χ2v) is 8.13. The fourth-order valence-electron chi connectivity index (χ4n) is 3.35. The quantitative estimate of drug-likeness (QED) is 0.576. The van der Waals surface area contributed by atoms with Crippen molar-refractivity contribution >= 4 is 29.3 Å². The number of hydrogen-bond donors (Lipinski definition) is 1. The maximum Gasteiger partial charge on any atom is 0.230 e. The first-order valence-electron chi connectivity index (χ1n) is 9.24. The maximum absolute atomic E-state index is 12.3. The summed E-state index contributed by atoms with van der Waals surface area (Å²) in [6, 6.07) is 5.69. The smallest absolute Gasteiger partial charge is 0.230 e. The molecule has 146 valence electrons. The molecule has 3 rings (SSSR count). The third-order valence-electron chi connectivity index (χ3n) is 4.79. The molecule has 2 aromatic rings. The summed E-state index contributed by atoms with van der Waals surface area (Å²) in [6.45, 7) is 0. The lowest BCUT2D eigenvalue weighted by Crippen LogP contribution is -2.35. The summed E-state index contributed by atoms with van der Waals surface area (Å²) in [5.41, 5.74) is 0.773. The number of nitrogens with zero attached hydrogens (tertiary/aromatic N) is 3. The summed E-state index contributed by atoms with van der Waals surface area (Å²) in [7, 11) is 3.48. The Morgan fingerprint density at radius 1 is 1.30 bits per heavy atom. The molecule has 1 heterocycles. The number of carbonyl (C=O) groups is 1. The highest BCUT2D eigenvalue weighted by atomic mass is 35.5. The van der Waals surface area contributed by atoms with Gasteiger partial charge in [0.2, 0.25) is 5.91 Å². The monoisotopic (exact) mass is 408 g/mol. The van der Waals surface area contributed by atoms with Crippen molar-refractivity contribution in [1.29, 1.82) is 0 Å². The zero-order valence-electron chi connectivity index (χ0n) is 15.7. The summed E-state index contributed by atoms with van der Waals surface area (Å²) in [5.74, 6) is 1.71. The average Bonchev–Trinajstić information content (AvgIpc) is 2.84. The van der Waals surface area contributed by atoms with Gasteiger partial charge in [-0.15, -0.1) is 10.2 Å². The van der Waals surface area contributed by atoms with E-state index in [2.05, 4.69) is 15.5 Å². The van der Waals surface area contributed by atoms with E-state index in [1.54, 1.807) is 25.3 Å². The van der Waals surface area contributed by atoms with Crippen LogP contribution < -0.4 is 10.1 Å². The number of methoxy groups -OCH3 is 1. The molecule has 1 aliphatic rings. The lowest BCUT2D eigenvalue weighted by atomic mass is 10.1. The van der Waals surface area contributed by atoms with Crippen LogP contribution in [0, 0.1) is 0 Å². The Morgan fingerprint density at radius 3 is 2.74 bits per heavy atom. The lowest BCUT2D eigenvalue weighted by molar-refractivity contribution is -0.119. The highest BCUT2D eigenvalue weighted by molar-refractivity contribution is 7.99. The number of ether oxygens (including phenoxy) is 1. The van der Waals surface area contributed by atoms with Gasteiger partial charge in [-0.05, 0) is 31.0 Å². The van der Waals surface area contributed by atoms with Crippen molar-refractivity contribution in [1.82, 2.24) is 20.1 Å². The highest BCUT2D eigenvalue weighted by Crippen LogP contribution is 2.32. The summed E-state index contributed by atoms with van der Waals surface area (Å²) in [4.78, 5) is 12.3. The molecule has 1 N–H and O–H groups in total. The van der Waals surface area contributed by atoms with E-state index in [4.69, 9.17) is 16.3 Å². The molecule has 1 saturated carbocycles. The van der Waals surface area contributed by atoms with Crippen LogP contribution in [0.4, 0.5) is 0 Å². The van der Waals surface area contributed by atoms with Crippen LogP contribution in [0.3, 0.4) is 0 Å². The molecule has 8 heteroatoms. The van der Waals surface area contributed by atoms with Crippen LogP contribution in [0.1, 0.15) is 38.5 Å². The van der Waals surface area contributed by atoms with Gasteiger partial charge in [-0.2, -0.15) is 0 Å². The van der Waals surface area contributed by atoms with E-state index < -0.39 is 0 Å². The largest absolute Gasteiger partial charge is 0.496 e. The fourth-order valence-corrected chi connectivity index (χ4v) is 4.25. The van der Waals surface area contributed by atoms with Gasteiger partial charge in [0, 0.05) is 18.1 Å². The lowest BCUT2D eigenvalue weighted by Gasteiger charge is -2.15. The Labute approximate surface area is 169 Å². The Balaban J connectivity index is 1.64. The standard InChI is InChI=1S/C19H25ClN4O2S/c1-24-18(15-11-13(20)9-10-16(15)26-2)22-23-19(24)27-12-17(25)21-14-7-5-3-4-6-8-14/h9-11,14H,3-8,12H2,1-2H3,(H,21,25). The normalized spacial score (nSPS) is 15.4. The van der Waals surface area contributed by atoms with Gasteiger partial charge in [0.25, 0.3) is 0 Å². The van der Waals surface area contributed by atoms with Crippen molar-refractivity contribution in [2.75, 3.05) is 12.9 Å². The van der Waals surface area contributed by atoms with Gasteiger partial charge in [0.15, 0.2) is 11.0 Å². The van der Waals surface area contributed by atoms with E-state index in [9.17, 15) is 4.79 Å². The molecular formula is C19H25ClN4O2S. The Hall–Kier alpha value is -1.73.